The molecule has 2 heterocycles. The van der Waals surface area contributed by atoms with Crippen LogP contribution in [-0.2, 0) is 20.6 Å². The number of hydrogen-bond donors (Lipinski definition) is 0. The van der Waals surface area contributed by atoms with Gasteiger partial charge in [0.25, 0.3) is 0 Å². The van der Waals surface area contributed by atoms with Gasteiger partial charge >= 0.3 is 16.5 Å². The third-order valence-electron chi connectivity index (χ3n) is 3.56. The number of urea groups is 1. The van der Waals surface area contributed by atoms with E-state index >= 15 is 0 Å². The molecule has 2 fully saturated rings. The molecule has 3 rings (SSSR count). The van der Waals surface area contributed by atoms with E-state index in [9.17, 15) is 14.1 Å². The summed E-state index contributed by atoms with van der Waals surface area (Å²) >= 11 is -0.328. The van der Waals surface area contributed by atoms with Crippen molar-refractivity contribution in [3.63, 3.8) is 0 Å². The van der Waals surface area contributed by atoms with Gasteiger partial charge in [-0.2, -0.15) is 0 Å². The Labute approximate surface area is 151 Å². The van der Waals surface area contributed by atoms with E-state index in [0.717, 1.165) is 24.2 Å². The number of hydrogen-bond acceptors (Lipinski definition) is 8. The molecule has 134 valence electrons. The molecule has 1 aliphatic carbocycles. The van der Waals surface area contributed by atoms with Crippen molar-refractivity contribution < 1.29 is 23.6 Å². The summed E-state index contributed by atoms with van der Waals surface area (Å²) in [6.07, 6.45) is 6.94. The predicted molar refractivity (Wildman–Crippen MR) is 89.5 cm³/mol. The third kappa shape index (κ3) is 4.15. The maximum absolute atomic E-state index is 12.7. The Balaban J connectivity index is 1.80. The van der Waals surface area contributed by atoms with Gasteiger partial charge < -0.3 is 18.9 Å². The van der Waals surface area contributed by atoms with Gasteiger partial charge in [0.1, 0.15) is 12.4 Å². The van der Waals surface area contributed by atoms with Gasteiger partial charge in [-0.3, -0.25) is 0 Å². The largest absolute Gasteiger partial charge is 0.610 e. The fraction of sp³-hybridized carbons (Fsp3) is 0.571. The number of rotatable bonds is 5. The first-order valence-electron chi connectivity index (χ1n) is 7.55. The summed E-state index contributed by atoms with van der Waals surface area (Å²) in [6.45, 7) is 0.465. The summed E-state index contributed by atoms with van der Waals surface area (Å²) in [7, 11) is 0. The Hall–Kier alpha value is -2.03. The Morgan fingerprint density at radius 2 is 2.20 bits per heavy atom. The number of ether oxygens (including phenoxy) is 2. The van der Waals surface area contributed by atoms with Crippen LogP contribution in [0.4, 0.5) is 14.7 Å². The molecule has 9 nitrogen and oxygen atoms in total. The van der Waals surface area contributed by atoms with E-state index in [-0.39, 0.29) is 22.1 Å². The molecule has 0 radical (unpaired) electrons. The van der Waals surface area contributed by atoms with Crippen LogP contribution in [0.3, 0.4) is 0 Å². The van der Waals surface area contributed by atoms with Crippen LogP contribution in [0.2, 0.25) is 0 Å². The number of terminal acetylenes is 1. The highest BCUT2D eigenvalue weighted by Gasteiger charge is 2.40. The second-order valence-corrected chi connectivity index (χ2v) is 8.02. The number of anilines is 1. The molecule has 2 atom stereocenters. The second-order valence-electron chi connectivity index (χ2n) is 5.51. The number of nitrogens with zero attached hydrogens (tertiary/aromatic N) is 4. The van der Waals surface area contributed by atoms with Crippen LogP contribution < -0.4 is 4.90 Å². The van der Waals surface area contributed by atoms with Crippen LogP contribution in [0.25, 0.3) is 0 Å². The molecule has 2 amide bonds. The van der Waals surface area contributed by atoms with Crippen molar-refractivity contribution in [2.45, 2.75) is 35.9 Å². The average molecular weight is 384 g/mol. The highest BCUT2D eigenvalue weighted by molar-refractivity contribution is 7.92. The van der Waals surface area contributed by atoms with E-state index in [4.69, 9.17) is 15.9 Å². The van der Waals surface area contributed by atoms with Crippen molar-refractivity contribution in [3.05, 3.63) is 0 Å². The molecule has 11 heteroatoms. The van der Waals surface area contributed by atoms with Crippen LogP contribution in [0.5, 0.6) is 0 Å². The lowest BCUT2D eigenvalue weighted by Gasteiger charge is -2.37. The lowest BCUT2D eigenvalue weighted by atomic mass is 10.2. The first kappa shape index (κ1) is 17.8. The minimum Gasteiger partial charge on any atom is -0.610 e. The minimum atomic E-state index is -1.33. The highest BCUT2D eigenvalue weighted by Crippen LogP contribution is 2.31. The standard InChI is InChI=1S/C14H16N4O5S2/c1-3-7-17-8-6-10(23-14(20)22-9-4-5-9)18(13(17)19)11-15-16-12(24-11)25(2)21/h1,9-10H,4-8H2,2H3. The maximum atomic E-state index is 12.7. The molecule has 1 aromatic heterocycles. The summed E-state index contributed by atoms with van der Waals surface area (Å²) < 4.78 is 22.2. The molecule has 1 aromatic rings. The zero-order valence-corrected chi connectivity index (χ0v) is 15.0. The van der Waals surface area contributed by atoms with Crippen molar-refractivity contribution in [2.24, 2.45) is 0 Å². The fourth-order valence-electron chi connectivity index (χ4n) is 2.22. The molecule has 0 bridgehead atoms. The zero-order valence-electron chi connectivity index (χ0n) is 13.4. The van der Waals surface area contributed by atoms with Crippen LogP contribution in [0.1, 0.15) is 19.3 Å². The molecular weight excluding hydrogens is 368 g/mol. The summed E-state index contributed by atoms with van der Waals surface area (Å²) in [5.41, 5.74) is 0. The monoisotopic (exact) mass is 384 g/mol. The van der Waals surface area contributed by atoms with Crippen LogP contribution in [0.15, 0.2) is 4.34 Å². The fourth-order valence-corrected chi connectivity index (χ4v) is 3.68. The SMILES string of the molecule is C#CCN1CCC(OC(=O)OC2CC2)N(c2nnc([S+](C)[O-])s2)C1=O. The van der Waals surface area contributed by atoms with E-state index in [1.807, 2.05) is 0 Å². The van der Waals surface area contributed by atoms with E-state index in [2.05, 4.69) is 16.1 Å². The molecule has 25 heavy (non-hydrogen) atoms. The summed E-state index contributed by atoms with van der Waals surface area (Å²) in [6, 6.07) is -0.446. The summed E-state index contributed by atoms with van der Waals surface area (Å²) in [5.74, 6) is 2.42. The van der Waals surface area contributed by atoms with E-state index in [1.165, 1.54) is 16.1 Å². The molecule has 1 saturated carbocycles. The number of aromatic nitrogens is 2. The van der Waals surface area contributed by atoms with Gasteiger partial charge in [0.15, 0.2) is 6.23 Å². The van der Waals surface area contributed by atoms with Crippen molar-refractivity contribution in [2.75, 3.05) is 24.2 Å². The minimum absolute atomic E-state index is 0.103. The lowest BCUT2D eigenvalue weighted by molar-refractivity contribution is 0.00938. The lowest BCUT2D eigenvalue weighted by Crippen LogP contribution is -2.56. The Kier molecular flexibility index (Phi) is 5.31. The Morgan fingerprint density at radius 3 is 2.80 bits per heavy atom. The first-order valence-corrected chi connectivity index (χ1v) is 9.93. The van der Waals surface area contributed by atoms with Gasteiger partial charge in [-0.25, -0.2) is 14.5 Å². The second kappa shape index (κ2) is 7.47. The van der Waals surface area contributed by atoms with Crippen molar-refractivity contribution in [1.29, 1.82) is 0 Å². The van der Waals surface area contributed by atoms with Gasteiger partial charge in [-0.1, -0.05) is 11.0 Å². The maximum Gasteiger partial charge on any atom is 0.510 e. The molecule has 2 unspecified atom stereocenters. The topological polar surface area (TPSA) is 108 Å². The van der Waals surface area contributed by atoms with Crippen LogP contribution in [-0.4, -0.2) is 63.5 Å². The Bertz CT molecular complexity index is 700. The van der Waals surface area contributed by atoms with Crippen LogP contribution >= 0.6 is 11.3 Å². The quantitative estimate of drug-likeness (QED) is 0.325. The van der Waals surface area contributed by atoms with E-state index in [1.54, 1.807) is 0 Å². The summed E-state index contributed by atoms with van der Waals surface area (Å²) in [4.78, 5) is 27.2. The normalized spacial score (nSPS) is 21.6. The summed E-state index contributed by atoms with van der Waals surface area (Å²) in [5, 5.41) is 7.91. The smallest absolute Gasteiger partial charge is 0.510 e. The van der Waals surface area contributed by atoms with Gasteiger partial charge in [0, 0.05) is 24.1 Å². The van der Waals surface area contributed by atoms with E-state index in [0.29, 0.717) is 13.0 Å². The molecule has 0 N–H and O–H groups in total. The predicted octanol–water partition coefficient (Wildman–Crippen LogP) is 1.18. The van der Waals surface area contributed by atoms with Gasteiger partial charge in [0.05, 0.1) is 6.54 Å². The Morgan fingerprint density at radius 1 is 1.44 bits per heavy atom. The van der Waals surface area contributed by atoms with E-state index < -0.39 is 29.6 Å². The zero-order chi connectivity index (χ0) is 18.0. The first-order chi connectivity index (χ1) is 12.0. The van der Waals surface area contributed by atoms with Crippen molar-refractivity contribution >= 4 is 39.8 Å². The average Bonchev–Trinajstić information content (AvgIpc) is 3.23. The highest BCUT2D eigenvalue weighted by atomic mass is 32.2. The molecule has 0 aromatic carbocycles. The molecule has 1 saturated heterocycles. The molecule has 1 aliphatic heterocycles. The van der Waals surface area contributed by atoms with Crippen molar-refractivity contribution in [1.82, 2.24) is 15.1 Å². The molecule has 0 spiro atoms. The molecular formula is C14H16N4O5S2. The van der Waals surface area contributed by atoms with Gasteiger partial charge in [0.2, 0.25) is 5.13 Å². The van der Waals surface area contributed by atoms with Crippen molar-refractivity contribution in [3.8, 4) is 12.3 Å². The van der Waals surface area contributed by atoms with Crippen LogP contribution in [0, 0.1) is 12.3 Å². The third-order valence-corrected chi connectivity index (χ3v) is 5.80. The number of carbonyl (C=O) groups excluding carboxylic acids is 2. The van der Waals surface area contributed by atoms with Gasteiger partial charge in [-0.15, -0.1) is 11.5 Å². The van der Waals surface area contributed by atoms with Gasteiger partial charge in [-0.05, 0) is 24.2 Å². The molecule has 2 aliphatic rings. The number of carbonyl (C=O) groups is 2. The number of amides is 2.